The zero-order chi connectivity index (χ0) is 17.8. The Bertz CT molecular complexity index is 624. The number of anilines is 1. The fourth-order valence-corrected chi connectivity index (χ4v) is 4.32. The van der Waals surface area contributed by atoms with Crippen LogP contribution in [0.3, 0.4) is 0 Å². The van der Waals surface area contributed by atoms with E-state index in [0.717, 1.165) is 57.7 Å². The topological polar surface area (TPSA) is 53.0 Å². The molecule has 0 aliphatic carbocycles. The van der Waals surface area contributed by atoms with Crippen LogP contribution in [0.5, 0.6) is 0 Å². The summed E-state index contributed by atoms with van der Waals surface area (Å²) in [6.07, 6.45) is 6.94. The number of hydrogen-bond donors (Lipinski definition) is 1. The molecule has 1 N–H and O–H groups in total. The van der Waals surface area contributed by atoms with E-state index in [1.165, 1.54) is 31.2 Å². The lowest BCUT2D eigenvalue weighted by Crippen LogP contribution is -2.41. The van der Waals surface area contributed by atoms with Gasteiger partial charge < -0.3 is 19.9 Å². The van der Waals surface area contributed by atoms with Gasteiger partial charge in [-0.2, -0.15) is 0 Å². The van der Waals surface area contributed by atoms with Crippen molar-refractivity contribution in [1.29, 1.82) is 0 Å². The van der Waals surface area contributed by atoms with Crippen molar-refractivity contribution in [2.75, 3.05) is 50.8 Å². The zero-order valence-electron chi connectivity index (χ0n) is 16.3. The van der Waals surface area contributed by atoms with Gasteiger partial charge in [0.1, 0.15) is 5.82 Å². The number of rotatable bonds is 4. The van der Waals surface area contributed by atoms with Gasteiger partial charge in [0.15, 0.2) is 5.96 Å². The number of nitrogens with one attached hydrogen (secondary N) is 1. The molecule has 3 aliphatic rings. The minimum Gasteiger partial charge on any atom is -0.381 e. The summed E-state index contributed by atoms with van der Waals surface area (Å²) in [5.41, 5.74) is 1.52. The molecule has 0 amide bonds. The van der Waals surface area contributed by atoms with Crippen molar-refractivity contribution in [2.45, 2.75) is 39.2 Å². The van der Waals surface area contributed by atoms with Crippen LogP contribution in [0.1, 0.15) is 38.2 Å². The van der Waals surface area contributed by atoms with E-state index in [2.05, 4.69) is 39.2 Å². The summed E-state index contributed by atoms with van der Waals surface area (Å²) < 4.78 is 5.65. The quantitative estimate of drug-likeness (QED) is 0.404. The molecule has 6 nitrogen and oxygen atoms in total. The molecular weight excluding hydrogens is 453 g/mol. The van der Waals surface area contributed by atoms with Crippen molar-refractivity contribution >= 4 is 35.8 Å². The van der Waals surface area contributed by atoms with E-state index in [0.29, 0.717) is 12.0 Å². The van der Waals surface area contributed by atoms with Crippen molar-refractivity contribution in [3.8, 4) is 0 Å². The SMILES string of the molecule is CCNC(=NCc1ccc(N2CCCC2)nc1)N1CCC2(CCOC2)C1.I. The van der Waals surface area contributed by atoms with Crippen LogP contribution in [0.25, 0.3) is 0 Å². The Balaban J connectivity index is 0.00000210. The van der Waals surface area contributed by atoms with Crippen LogP contribution < -0.4 is 10.2 Å². The first-order valence-corrected chi connectivity index (χ1v) is 10.1. The molecule has 1 aromatic heterocycles. The molecule has 0 saturated carbocycles. The summed E-state index contributed by atoms with van der Waals surface area (Å²) >= 11 is 0. The maximum absolute atomic E-state index is 5.65. The predicted molar refractivity (Wildman–Crippen MR) is 120 cm³/mol. The molecule has 4 rings (SSSR count). The maximum atomic E-state index is 5.65. The first-order valence-electron chi connectivity index (χ1n) is 10.1. The predicted octanol–water partition coefficient (Wildman–Crippen LogP) is 2.88. The van der Waals surface area contributed by atoms with E-state index in [-0.39, 0.29) is 24.0 Å². The Hall–Kier alpha value is -1.09. The number of guanidine groups is 1. The van der Waals surface area contributed by atoms with Crippen molar-refractivity contribution < 1.29 is 4.74 Å². The fourth-order valence-electron chi connectivity index (χ4n) is 4.32. The number of aromatic nitrogens is 1. The lowest BCUT2D eigenvalue weighted by molar-refractivity contribution is 0.156. The third-order valence-corrected chi connectivity index (χ3v) is 5.91. The molecule has 1 spiro atoms. The van der Waals surface area contributed by atoms with Gasteiger partial charge in [0.25, 0.3) is 0 Å². The van der Waals surface area contributed by atoms with Gasteiger partial charge in [0.05, 0.1) is 13.2 Å². The Morgan fingerprint density at radius 2 is 2.11 bits per heavy atom. The largest absolute Gasteiger partial charge is 0.381 e. The molecule has 0 aromatic carbocycles. The van der Waals surface area contributed by atoms with Gasteiger partial charge in [-0.3, -0.25) is 0 Å². The number of halogens is 1. The zero-order valence-corrected chi connectivity index (χ0v) is 18.7. The Labute approximate surface area is 179 Å². The van der Waals surface area contributed by atoms with Gasteiger partial charge in [-0.1, -0.05) is 6.07 Å². The first kappa shape index (κ1) is 20.6. The summed E-state index contributed by atoms with van der Waals surface area (Å²) in [7, 11) is 0. The number of hydrogen-bond acceptors (Lipinski definition) is 4. The van der Waals surface area contributed by atoms with E-state index in [9.17, 15) is 0 Å². The summed E-state index contributed by atoms with van der Waals surface area (Å²) in [6.45, 7) is 9.92. The summed E-state index contributed by atoms with van der Waals surface area (Å²) in [4.78, 5) is 14.3. The Kier molecular flexibility index (Phi) is 7.19. The molecule has 0 bridgehead atoms. The van der Waals surface area contributed by atoms with Gasteiger partial charge in [0.2, 0.25) is 0 Å². The van der Waals surface area contributed by atoms with Gasteiger partial charge in [0, 0.05) is 50.9 Å². The highest BCUT2D eigenvalue weighted by atomic mass is 127. The highest BCUT2D eigenvalue weighted by Gasteiger charge is 2.42. The average molecular weight is 485 g/mol. The van der Waals surface area contributed by atoms with Crippen LogP contribution in [0, 0.1) is 5.41 Å². The molecule has 150 valence electrons. The number of aliphatic imine (C=N–C) groups is 1. The van der Waals surface area contributed by atoms with Crippen molar-refractivity contribution in [3.05, 3.63) is 23.9 Å². The molecule has 1 aromatic rings. The molecule has 4 heterocycles. The molecule has 3 aliphatic heterocycles. The van der Waals surface area contributed by atoms with E-state index in [1.807, 2.05) is 6.20 Å². The van der Waals surface area contributed by atoms with Crippen LogP contribution in [0.4, 0.5) is 5.82 Å². The van der Waals surface area contributed by atoms with Crippen LogP contribution in [-0.2, 0) is 11.3 Å². The lowest BCUT2D eigenvalue weighted by atomic mass is 9.87. The minimum atomic E-state index is 0. The molecule has 1 unspecified atom stereocenters. The van der Waals surface area contributed by atoms with Crippen LogP contribution in [0.2, 0.25) is 0 Å². The van der Waals surface area contributed by atoms with E-state index < -0.39 is 0 Å². The molecule has 27 heavy (non-hydrogen) atoms. The Morgan fingerprint density at radius 1 is 1.26 bits per heavy atom. The third kappa shape index (κ3) is 4.85. The fraction of sp³-hybridized carbons (Fsp3) is 0.700. The molecule has 7 heteroatoms. The molecule has 1 atom stereocenters. The number of ether oxygens (including phenoxy) is 1. The maximum Gasteiger partial charge on any atom is 0.194 e. The second kappa shape index (κ2) is 9.41. The lowest BCUT2D eigenvalue weighted by Gasteiger charge is -2.25. The summed E-state index contributed by atoms with van der Waals surface area (Å²) in [6, 6.07) is 4.31. The summed E-state index contributed by atoms with van der Waals surface area (Å²) in [5.74, 6) is 2.13. The van der Waals surface area contributed by atoms with E-state index in [4.69, 9.17) is 9.73 Å². The Morgan fingerprint density at radius 3 is 2.78 bits per heavy atom. The smallest absolute Gasteiger partial charge is 0.194 e. The number of nitrogens with zero attached hydrogens (tertiary/aromatic N) is 4. The van der Waals surface area contributed by atoms with Crippen LogP contribution in [0.15, 0.2) is 23.3 Å². The number of likely N-dealkylation sites (tertiary alicyclic amines) is 1. The van der Waals surface area contributed by atoms with Crippen molar-refractivity contribution in [2.24, 2.45) is 10.4 Å². The van der Waals surface area contributed by atoms with Gasteiger partial charge in [-0.25, -0.2) is 9.98 Å². The highest BCUT2D eigenvalue weighted by Crippen LogP contribution is 2.38. The standard InChI is InChI=1S/C20H31N5O.HI/c1-2-21-19(25-11-7-20(15-25)8-12-26-16-20)23-14-17-5-6-18(22-13-17)24-9-3-4-10-24;/h5-6,13H,2-4,7-12,14-16H2,1H3,(H,21,23);1H. The van der Waals surface area contributed by atoms with Crippen LogP contribution in [-0.4, -0.2) is 61.8 Å². The minimum absolute atomic E-state index is 0. The van der Waals surface area contributed by atoms with Gasteiger partial charge in [-0.15, -0.1) is 24.0 Å². The first-order chi connectivity index (χ1) is 12.8. The third-order valence-electron chi connectivity index (χ3n) is 5.91. The van der Waals surface area contributed by atoms with Gasteiger partial charge >= 0.3 is 0 Å². The van der Waals surface area contributed by atoms with Gasteiger partial charge in [-0.05, 0) is 44.2 Å². The molecule has 3 fully saturated rings. The summed E-state index contributed by atoms with van der Waals surface area (Å²) in [5, 5.41) is 3.46. The monoisotopic (exact) mass is 485 g/mol. The highest BCUT2D eigenvalue weighted by molar-refractivity contribution is 14.0. The second-order valence-electron chi connectivity index (χ2n) is 7.86. The molecular formula is C20H32IN5O. The number of pyridine rings is 1. The second-order valence-corrected chi connectivity index (χ2v) is 7.86. The normalized spacial score (nSPS) is 25.3. The van der Waals surface area contributed by atoms with Crippen molar-refractivity contribution in [3.63, 3.8) is 0 Å². The van der Waals surface area contributed by atoms with Crippen LogP contribution >= 0.6 is 24.0 Å². The molecule has 0 radical (unpaired) electrons. The molecule has 3 saturated heterocycles. The van der Waals surface area contributed by atoms with E-state index >= 15 is 0 Å². The van der Waals surface area contributed by atoms with Crippen molar-refractivity contribution in [1.82, 2.24) is 15.2 Å². The average Bonchev–Trinajstić information content (AvgIpc) is 3.43. The van der Waals surface area contributed by atoms with E-state index in [1.54, 1.807) is 0 Å².